The number of benzene rings is 1. The predicted octanol–water partition coefficient (Wildman–Crippen LogP) is 3.93. The highest BCUT2D eigenvalue weighted by Gasteiger charge is 1.98. The van der Waals surface area contributed by atoms with Crippen LogP contribution in [0.15, 0.2) is 24.3 Å². The van der Waals surface area contributed by atoms with Crippen molar-refractivity contribution in [2.45, 2.75) is 47.3 Å². The third-order valence-electron chi connectivity index (χ3n) is 1.68. The number of nitrogens with one attached hydrogen (secondary N) is 1. The number of rotatable bonds is 4. The topological polar surface area (TPSA) is 21.3 Å². The van der Waals surface area contributed by atoms with Gasteiger partial charge >= 0.3 is 0 Å². The van der Waals surface area contributed by atoms with Gasteiger partial charge in [0.15, 0.2) is 0 Å². The molecule has 0 radical (unpaired) electrons. The predicted molar refractivity (Wildman–Crippen MR) is 67.7 cm³/mol. The van der Waals surface area contributed by atoms with Crippen molar-refractivity contribution < 1.29 is 4.74 Å². The smallest absolute Gasteiger partial charge is 0.119 e. The summed E-state index contributed by atoms with van der Waals surface area (Å²) in [5.74, 6) is 0.925. The highest BCUT2D eigenvalue weighted by atomic mass is 16.5. The highest BCUT2D eigenvalue weighted by Crippen LogP contribution is 2.17. The van der Waals surface area contributed by atoms with Crippen LogP contribution < -0.4 is 10.1 Å². The van der Waals surface area contributed by atoms with Gasteiger partial charge in [-0.3, -0.25) is 0 Å². The van der Waals surface area contributed by atoms with E-state index in [1.807, 2.05) is 38.1 Å². The molecule has 0 atom stereocenters. The van der Waals surface area contributed by atoms with Crippen LogP contribution in [0.1, 0.15) is 35.1 Å². The van der Waals surface area contributed by atoms with Crippen LogP contribution in [0.5, 0.6) is 5.75 Å². The summed E-state index contributed by atoms with van der Waals surface area (Å²) < 4.78 is 5.55. The summed E-state index contributed by atoms with van der Waals surface area (Å²) in [5.41, 5.74) is 1.14. The van der Waals surface area contributed by atoms with Crippen molar-refractivity contribution in [2.75, 3.05) is 5.32 Å². The minimum atomic E-state index is 0. The molecule has 0 aromatic heterocycles. The van der Waals surface area contributed by atoms with Gasteiger partial charge in [-0.15, -0.1) is 0 Å². The molecule has 1 rings (SSSR count). The van der Waals surface area contributed by atoms with E-state index in [-0.39, 0.29) is 13.5 Å². The molecule has 0 bridgehead atoms. The van der Waals surface area contributed by atoms with Crippen LogP contribution in [0, 0.1) is 0 Å². The lowest BCUT2D eigenvalue weighted by Crippen LogP contribution is -2.09. The molecule has 86 valence electrons. The highest BCUT2D eigenvalue weighted by molar-refractivity contribution is 5.46. The molecule has 0 spiro atoms. The summed E-state index contributed by atoms with van der Waals surface area (Å²) in [4.78, 5) is 0. The Bertz CT molecular complexity index is 235. The van der Waals surface area contributed by atoms with Gasteiger partial charge in [0.25, 0.3) is 0 Å². The fraction of sp³-hybridized carbons (Fsp3) is 0.538. The van der Waals surface area contributed by atoms with E-state index in [2.05, 4.69) is 19.2 Å². The summed E-state index contributed by atoms with van der Waals surface area (Å²) in [6, 6.07) is 8.53. The van der Waals surface area contributed by atoms with Gasteiger partial charge in [0.05, 0.1) is 6.10 Å². The van der Waals surface area contributed by atoms with Crippen LogP contribution in [0.25, 0.3) is 0 Å². The molecule has 0 heterocycles. The number of ether oxygens (including phenoxy) is 1. The van der Waals surface area contributed by atoms with Crippen molar-refractivity contribution in [1.82, 2.24) is 0 Å². The monoisotopic (exact) mass is 209 g/mol. The zero-order chi connectivity index (χ0) is 10.6. The Morgan fingerprint density at radius 2 is 1.53 bits per heavy atom. The molecule has 0 aliphatic heterocycles. The molecule has 1 aromatic rings. The lowest BCUT2D eigenvalue weighted by molar-refractivity contribution is 0.242. The molecule has 1 aromatic carbocycles. The van der Waals surface area contributed by atoms with Crippen molar-refractivity contribution in [3.05, 3.63) is 24.3 Å². The fourth-order valence-electron chi connectivity index (χ4n) is 1.24. The summed E-state index contributed by atoms with van der Waals surface area (Å²) >= 11 is 0. The quantitative estimate of drug-likeness (QED) is 0.811. The first-order chi connectivity index (χ1) is 6.58. The zero-order valence-electron chi connectivity index (χ0n) is 9.37. The van der Waals surface area contributed by atoms with Crippen LogP contribution >= 0.6 is 0 Å². The van der Waals surface area contributed by atoms with E-state index in [0.717, 1.165) is 11.4 Å². The molecule has 0 amide bonds. The average Bonchev–Trinajstić information content (AvgIpc) is 2.06. The van der Waals surface area contributed by atoms with Crippen LogP contribution in [-0.4, -0.2) is 12.1 Å². The van der Waals surface area contributed by atoms with E-state index in [1.165, 1.54) is 0 Å². The Labute approximate surface area is 93.7 Å². The number of hydrogen-bond acceptors (Lipinski definition) is 2. The first-order valence-electron chi connectivity index (χ1n) is 5.11. The second kappa shape index (κ2) is 6.33. The summed E-state index contributed by atoms with van der Waals surface area (Å²) in [7, 11) is 0. The maximum Gasteiger partial charge on any atom is 0.119 e. The molecule has 0 saturated heterocycles. The molecule has 2 nitrogen and oxygen atoms in total. The van der Waals surface area contributed by atoms with Crippen LogP contribution in [-0.2, 0) is 0 Å². The van der Waals surface area contributed by atoms with Gasteiger partial charge < -0.3 is 10.1 Å². The Morgan fingerprint density at radius 1 is 1.00 bits per heavy atom. The van der Waals surface area contributed by atoms with Gasteiger partial charge in [0, 0.05) is 11.7 Å². The summed E-state index contributed by atoms with van der Waals surface area (Å²) in [6.07, 6.45) is 0.235. The average molecular weight is 209 g/mol. The summed E-state index contributed by atoms with van der Waals surface area (Å²) in [6.45, 7) is 8.30. The fourth-order valence-corrected chi connectivity index (χ4v) is 1.24. The third kappa shape index (κ3) is 5.31. The Morgan fingerprint density at radius 3 is 1.93 bits per heavy atom. The normalized spacial score (nSPS) is 10.0. The molecule has 1 N–H and O–H groups in total. The first-order valence-corrected chi connectivity index (χ1v) is 5.11. The van der Waals surface area contributed by atoms with Crippen molar-refractivity contribution in [3.63, 3.8) is 0 Å². The van der Waals surface area contributed by atoms with Crippen molar-refractivity contribution in [3.8, 4) is 5.75 Å². The number of hydrogen-bond donors (Lipinski definition) is 1. The van der Waals surface area contributed by atoms with Gasteiger partial charge in [-0.25, -0.2) is 0 Å². The minimum Gasteiger partial charge on any atom is -0.491 e. The van der Waals surface area contributed by atoms with Gasteiger partial charge in [-0.1, -0.05) is 7.43 Å². The van der Waals surface area contributed by atoms with E-state index in [4.69, 9.17) is 4.74 Å². The van der Waals surface area contributed by atoms with E-state index < -0.39 is 0 Å². The molecular weight excluding hydrogens is 186 g/mol. The maximum atomic E-state index is 5.55. The SMILES string of the molecule is C.CC(C)Nc1ccc(OC(C)C)cc1. The maximum absolute atomic E-state index is 5.55. The first kappa shape index (κ1) is 13.8. The molecule has 0 aliphatic carbocycles. The second-order valence-electron chi connectivity index (χ2n) is 3.99. The van der Waals surface area contributed by atoms with Crippen molar-refractivity contribution in [2.24, 2.45) is 0 Å². The van der Waals surface area contributed by atoms with Crippen LogP contribution in [0.2, 0.25) is 0 Å². The molecule has 0 unspecified atom stereocenters. The Balaban J connectivity index is 0.00000196. The number of anilines is 1. The zero-order valence-corrected chi connectivity index (χ0v) is 9.37. The van der Waals surface area contributed by atoms with E-state index in [0.29, 0.717) is 6.04 Å². The van der Waals surface area contributed by atoms with E-state index in [1.54, 1.807) is 0 Å². The third-order valence-corrected chi connectivity index (χ3v) is 1.68. The summed E-state index contributed by atoms with van der Waals surface area (Å²) in [5, 5.41) is 3.33. The van der Waals surface area contributed by atoms with Crippen LogP contribution in [0.4, 0.5) is 5.69 Å². The molecule has 0 aliphatic rings. The molecule has 0 saturated carbocycles. The lowest BCUT2D eigenvalue weighted by Gasteiger charge is -2.12. The van der Waals surface area contributed by atoms with Gasteiger partial charge in [-0.2, -0.15) is 0 Å². The van der Waals surface area contributed by atoms with Gasteiger partial charge in [0.2, 0.25) is 0 Å². The van der Waals surface area contributed by atoms with Crippen molar-refractivity contribution in [1.29, 1.82) is 0 Å². The van der Waals surface area contributed by atoms with E-state index in [9.17, 15) is 0 Å². The lowest BCUT2D eigenvalue weighted by atomic mass is 10.2. The van der Waals surface area contributed by atoms with Gasteiger partial charge in [0.1, 0.15) is 5.75 Å². The van der Waals surface area contributed by atoms with E-state index >= 15 is 0 Å². The van der Waals surface area contributed by atoms with Crippen molar-refractivity contribution >= 4 is 5.69 Å². The largest absolute Gasteiger partial charge is 0.491 e. The molecule has 0 fully saturated rings. The standard InChI is InChI=1S/C12H19NO.CH4/c1-9(2)13-11-5-7-12(8-6-11)14-10(3)4;/h5-10,13H,1-4H3;1H4. The molecular formula is C13H23NO. The minimum absolute atomic E-state index is 0. The molecule has 15 heavy (non-hydrogen) atoms. The van der Waals surface area contributed by atoms with Gasteiger partial charge in [-0.05, 0) is 52.0 Å². The Hall–Kier alpha value is -1.18. The van der Waals surface area contributed by atoms with Crippen LogP contribution in [0.3, 0.4) is 0 Å². The Kier molecular flexibility index (Phi) is 5.83. The molecule has 2 heteroatoms. The second-order valence-corrected chi connectivity index (χ2v) is 3.99.